The number of fused-ring (bicyclic) bond motifs is 1. The van der Waals surface area contributed by atoms with Crippen molar-refractivity contribution in [3.05, 3.63) is 40.0 Å². The quantitative estimate of drug-likeness (QED) is 0.388. The third-order valence-corrected chi connectivity index (χ3v) is 3.32. The number of nitriles is 1. The molecule has 2 rings (SSSR count). The molecule has 7 heteroatoms. The average Bonchev–Trinajstić information content (AvgIpc) is 2.53. The molecular weight excluding hydrogens is 286 g/mol. The maximum atomic E-state index is 12.1. The molecule has 0 saturated carbocycles. The van der Waals surface area contributed by atoms with Crippen molar-refractivity contribution in [2.24, 2.45) is 0 Å². The lowest BCUT2D eigenvalue weighted by Gasteiger charge is -2.27. The number of ether oxygens (including phenoxy) is 1. The number of hydrogen-bond acceptors (Lipinski definition) is 6. The standard InChI is InChI=1S/C15H15N3O4/c1-2-3-8-22-14(19)15(10-16)7-6-11-9-12(18(20)21)4-5-13(11)17-15/h4-7,9,17H,2-3,8H2,1H3. The fourth-order valence-corrected chi connectivity index (χ4v) is 2.04. The Bertz CT molecular complexity index is 678. The minimum Gasteiger partial charge on any atom is -0.463 e. The number of hydrogen-bond donors (Lipinski definition) is 1. The van der Waals surface area contributed by atoms with E-state index in [-0.39, 0.29) is 12.3 Å². The third-order valence-electron chi connectivity index (χ3n) is 3.32. The van der Waals surface area contributed by atoms with Crippen LogP contribution in [-0.2, 0) is 9.53 Å². The van der Waals surface area contributed by atoms with Gasteiger partial charge >= 0.3 is 5.97 Å². The van der Waals surface area contributed by atoms with E-state index in [0.717, 1.165) is 12.8 Å². The van der Waals surface area contributed by atoms with Crippen LogP contribution < -0.4 is 5.32 Å². The number of unbranched alkanes of at least 4 members (excludes halogenated alkanes) is 1. The lowest BCUT2D eigenvalue weighted by molar-refractivity contribution is -0.384. The van der Waals surface area contributed by atoms with Crippen LogP contribution in [0.25, 0.3) is 6.08 Å². The highest BCUT2D eigenvalue weighted by atomic mass is 16.6. The number of rotatable bonds is 5. The van der Waals surface area contributed by atoms with Crippen LogP contribution in [0.2, 0.25) is 0 Å². The maximum Gasteiger partial charge on any atom is 0.351 e. The van der Waals surface area contributed by atoms with Crippen LogP contribution in [0.15, 0.2) is 24.3 Å². The minimum atomic E-state index is -1.60. The molecule has 0 aliphatic carbocycles. The summed E-state index contributed by atoms with van der Waals surface area (Å²) in [5.74, 6) is -0.677. The molecule has 1 aliphatic heterocycles. The summed E-state index contributed by atoms with van der Waals surface area (Å²) in [5, 5.41) is 22.9. The molecule has 0 radical (unpaired) electrons. The first-order valence-electron chi connectivity index (χ1n) is 6.87. The fraction of sp³-hybridized carbons (Fsp3) is 0.333. The Kier molecular flexibility index (Phi) is 4.41. The second-order valence-electron chi connectivity index (χ2n) is 4.90. The van der Waals surface area contributed by atoms with E-state index in [1.54, 1.807) is 0 Å². The van der Waals surface area contributed by atoms with Gasteiger partial charge in [-0.2, -0.15) is 5.26 Å². The Morgan fingerprint density at radius 3 is 2.95 bits per heavy atom. The van der Waals surface area contributed by atoms with Crippen molar-refractivity contribution < 1.29 is 14.5 Å². The Balaban J connectivity index is 2.25. The largest absolute Gasteiger partial charge is 0.463 e. The Hall–Kier alpha value is -2.88. The Morgan fingerprint density at radius 1 is 1.55 bits per heavy atom. The van der Waals surface area contributed by atoms with Gasteiger partial charge in [-0.3, -0.25) is 10.1 Å². The SMILES string of the molecule is CCCCOC(=O)C1(C#N)C=Cc2cc([N+](=O)[O-])ccc2N1. The second-order valence-corrected chi connectivity index (χ2v) is 4.90. The van der Waals surface area contributed by atoms with Gasteiger partial charge < -0.3 is 10.1 Å². The first kappa shape index (κ1) is 15.5. The summed E-state index contributed by atoms with van der Waals surface area (Å²) in [4.78, 5) is 22.4. The van der Waals surface area contributed by atoms with Gasteiger partial charge in [-0.15, -0.1) is 0 Å². The Labute approximate surface area is 127 Å². The van der Waals surface area contributed by atoms with Crippen molar-refractivity contribution in [3.63, 3.8) is 0 Å². The van der Waals surface area contributed by atoms with Gasteiger partial charge in [0, 0.05) is 23.4 Å². The highest BCUT2D eigenvalue weighted by molar-refractivity contribution is 5.95. The number of carbonyl (C=O) groups excluding carboxylic acids is 1. The molecule has 0 spiro atoms. The highest BCUT2D eigenvalue weighted by Gasteiger charge is 2.40. The van der Waals surface area contributed by atoms with E-state index in [2.05, 4.69) is 5.32 Å². The van der Waals surface area contributed by atoms with Gasteiger partial charge in [-0.1, -0.05) is 19.4 Å². The van der Waals surface area contributed by atoms with E-state index >= 15 is 0 Å². The second kappa shape index (κ2) is 6.26. The zero-order valence-electron chi connectivity index (χ0n) is 12.0. The molecule has 1 aromatic carbocycles. The highest BCUT2D eigenvalue weighted by Crippen LogP contribution is 2.31. The zero-order valence-corrected chi connectivity index (χ0v) is 12.0. The molecule has 1 aliphatic rings. The van der Waals surface area contributed by atoms with Crippen LogP contribution in [0.4, 0.5) is 11.4 Å². The van der Waals surface area contributed by atoms with Crippen molar-refractivity contribution in [1.82, 2.24) is 0 Å². The van der Waals surface area contributed by atoms with E-state index in [1.165, 1.54) is 30.4 Å². The van der Waals surface area contributed by atoms with Crippen LogP contribution in [-0.4, -0.2) is 23.0 Å². The van der Waals surface area contributed by atoms with Crippen molar-refractivity contribution in [1.29, 1.82) is 5.26 Å². The number of benzene rings is 1. The van der Waals surface area contributed by atoms with E-state index in [1.807, 2.05) is 13.0 Å². The molecule has 0 saturated heterocycles. The van der Waals surface area contributed by atoms with Crippen molar-refractivity contribution in [3.8, 4) is 6.07 Å². The molecule has 0 aromatic heterocycles. The monoisotopic (exact) mass is 301 g/mol. The molecular formula is C15H15N3O4. The number of nitrogens with zero attached hydrogens (tertiary/aromatic N) is 2. The van der Waals surface area contributed by atoms with Crippen LogP contribution in [0, 0.1) is 21.4 Å². The number of carbonyl (C=O) groups is 1. The molecule has 114 valence electrons. The summed E-state index contributed by atoms with van der Waals surface area (Å²) >= 11 is 0. The van der Waals surface area contributed by atoms with E-state index in [0.29, 0.717) is 11.3 Å². The lowest BCUT2D eigenvalue weighted by atomic mass is 9.94. The molecule has 1 unspecified atom stereocenters. The van der Waals surface area contributed by atoms with Crippen LogP contribution in [0.3, 0.4) is 0 Å². The minimum absolute atomic E-state index is 0.0554. The number of non-ortho nitro benzene ring substituents is 1. The van der Waals surface area contributed by atoms with Crippen molar-refractivity contribution >= 4 is 23.4 Å². The van der Waals surface area contributed by atoms with E-state index in [9.17, 15) is 20.2 Å². The van der Waals surface area contributed by atoms with Gasteiger partial charge in [0.25, 0.3) is 5.69 Å². The topological polar surface area (TPSA) is 105 Å². The number of anilines is 1. The zero-order chi connectivity index (χ0) is 16.2. The molecule has 22 heavy (non-hydrogen) atoms. The van der Waals surface area contributed by atoms with Gasteiger partial charge in [0.15, 0.2) is 0 Å². The molecule has 7 nitrogen and oxygen atoms in total. The van der Waals surface area contributed by atoms with Gasteiger partial charge in [-0.25, -0.2) is 4.79 Å². The van der Waals surface area contributed by atoms with Gasteiger partial charge in [0.05, 0.1) is 11.5 Å². The smallest absolute Gasteiger partial charge is 0.351 e. The van der Waals surface area contributed by atoms with E-state index in [4.69, 9.17) is 4.74 Å². The summed E-state index contributed by atoms with van der Waals surface area (Å²) in [5.41, 5.74) is -0.639. The summed E-state index contributed by atoms with van der Waals surface area (Å²) in [7, 11) is 0. The summed E-state index contributed by atoms with van der Waals surface area (Å²) < 4.78 is 5.11. The normalized spacial score (nSPS) is 18.7. The average molecular weight is 301 g/mol. The molecule has 1 atom stereocenters. The van der Waals surface area contributed by atoms with Crippen molar-refractivity contribution in [2.75, 3.05) is 11.9 Å². The summed E-state index contributed by atoms with van der Waals surface area (Å²) in [6.45, 7) is 2.22. The molecule has 0 amide bonds. The summed E-state index contributed by atoms with van der Waals surface area (Å²) in [6.07, 6.45) is 4.48. The number of esters is 1. The molecule has 1 aromatic rings. The maximum absolute atomic E-state index is 12.1. The van der Waals surface area contributed by atoms with Crippen LogP contribution in [0.5, 0.6) is 0 Å². The molecule has 1 heterocycles. The molecule has 0 bridgehead atoms. The fourth-order valence-electron chi connectivity index (χ4n) is 2.04. The van der Waals surface area contributed by atoms with E-state index < -0.39 is 16.4 Å². The first-order chi connectivity index (χ1) is 10.5. The van der Waals surface area contributed by atoms with Gasteiger partial charge in [0.2, 0.25) is 5.54 Å². The van der Waals surface area contributed by atoms with Crippen LogP contribution >= 0.6 is 0 Å². The predicted octanol–water partition coefficient (Wildman–Crippen LogP) is 2.64. The Morgan fingerprint density at radius 2 is 2.32 bits per heavy atom. The predicted molar refractivity (Wildman–Crippen MR) is 80.0 cm³/mol. The summed E-state index contributed by atoms with van der Waals surface area (Å²) in [6, 6.07) is 6.08. The van der Waals surface area contributed by atoms with Crippen molar-refractivity contribution in [2.45, 2.75) is 25.3 Å². The number of nitrogens with one attached hydrogen (secondary N) is 1. The molecule has 0 fully saturated rings. The number of nitro groups is 1. The lowest BCUT2D eigenvalue weighted by Crippen LogP contribution is -2.46. The van der Waals surface area contributed by atoms with Gasteiger partial charge in [-0.05, 0) is 18.6 Å². The molecule has 1 N–H and O–H groups in total. The van der Waals surface area contributed by atoms with Crippen LogP contribution in [0.1, 0.15) is 25.3 Å². The number of nitro benzene ring substituents is 1. The third kappa shape index (κ3) is 2.91. The first-order valence-corrected chi connectivity index (χ1v) is 6.87. The van der Waals surface area contributed by atoms with Gasteiger partial charge in [0.1, 0.15) is 6.07 Å².